The van der Waals surface area contributed by atoms with Crippen LogP contribution in [-0.2, 0) is 10.9 Å². The highest BCUT2D eigenvalue weighted by molar-refractivity contribution is 7.99. The Kier molecular flexibility index (Phi) is 8.51. The maximum Gasteiger partial charge on any atom is 0.416 e. The van der Waals surface area contributed by atoms with E-state index in [1.165, 1.54) is 12.1 Å². The summed E-state index contributed by atoms with van der Waals surface area (Å²) in [6, 6.07) is 10.2. The van der Waals surface area contributed by atoms with Gasteiger partial charge in [-0.25, -0.2) is 0 Å². The fourth-order valence-electron chi connectivity index (χ4n) is 2.50. The van der Waals surface area contributed by atoms with Crippen LogP contribution < -0.4 is 4.74 Å². The number of aromatic hydroxyl groups is 1. The molecule has 0 heterocycles. The summed E-state index contributed by atoms with van der Waals surface area (Å²) in [6.07, 6.45) is -3.56. The first kappa shape index (κ1) is 22.4. The molecule has 0 fully saturated rings. The van der Waals surface area contributed by atoms with Gasteiger partial charge in [-0.05, 0) is 68.3 Å². The molecule has 1 N–H and O–H groups in total. The molecule has 0 amide bonds. The van der Waals surface area contributed by atoms with Crippen molar-refractivity contribution in [1.82, 2.24) is 0 Å². The predicted molar refractivity (Wildman–Crippen MR) is 105 cm³/mol. The number of halogens is 3. The van der Waals surface area contributed by atoms with Crippen LogP contribution in [0.15, 0.2) is 47.4 Å². The highest BCUT2D eigenvalue weighted by atomic mass is 32.2. The second-order valence-corrected chi connectivity index (χ2v) is 7.54. The molecule has 0 saturated heterocycles. The number of rotatable bonds is 10. The van der Waals surface area contributed by atoms with Gasteiger partial charge >= 0.3 is 6.18 Å². The second kappa shape index (κ2) is 10.6. The van der Waals surface area contributed by atoms with Gasteiger partial charge in [0.25, 0.3) is 0 Å². The van der Waals surface area contributed by atoms with E-state index in [2.05, 4.69) is 0 Å². The molecule has 0 saturated carbocycles. The number of ether oxygens (including phenoxy) is 2. The van der Waals surface area contributed by atoms with Crippen molar-refractivity contribution >= 4 is 11.8 Å². The molecule has 0 radical (unpaired) electrons. The van der Waals surface area contributed by atoms with E-state index in [4.69, 9.17) is 9.47 Å². The maximum absolute atomic E-state index is 12.6. The molecule has 0 aromatic heterocycles. The van der Waals surface area contributed by atoms with Crippen LogP contribution in [0.3, 0.4) is 0 Å². The van der Waals surface area contributed by atoms with Gasteiger partial charge in [0.15, 0.2) is 0 Å². The van der Waals surface area contributed by atoms with Gasteiger partial charge in [-0.1, -0.05) is 0 Å². The van der Waals surface area contributed by atoms with Gasteiger partial charge in [0.2, 0.25) is 0 Å². The quantitative estimate of drug-likeness (QED) is 0.386. The molecule has 2 aromatic carbocycles. The largest absolute Gasteiger partial charge is 0.508 e. The van der Waals surface area contributed by atoms with Crippen molar-refractivity contribution < 1.29 is 27.8 Å². The molecule has 2 aromatic rings. The summed E-state index contributed by atoms with van der Waals surface area (Å²) in [4.78, 5) is 1.05. The van der Waals surface area contributed by atoms with E-state index in [9.17, 15) is 18.3 Å². The minimum absolute atomic E-state index is 0.174. The zero-order valence-corrected chi connectivity index (χ0v) is 16.8. The van der Waals surface area contributed by atoms with Crippen LogP contribution in [0.4, 0.5) is 13.2 Å². The van der Waals surface area contributed by atoms with Crippen molar-refractivity contribution in [3.63, 3.8) is 0 Å². The van der Waals surface area contributed by atoms with Crippen LogP contribution >= 0.6 is 11.8 Å². The lowest BCUT2D eigenvalue weighted by molar-refractivity contribution is -0.137. The number of phenols is 1. The Morgan fingerprint density at radius 2 is 1.82 bits per heavy atom. The first-order valence-electron chi connectivity index (χ1n) is 9.09. The average molecular weight is 414 g/mol. The molecule has 3 nitrogen and oxygen atoms in total. The summed E-state index contributed by atoms with van der Waals surface area (Å²) >= 11 is 1.65. The van der Waals surface area contributed by atoms with Crippen molar-refractivity contribution in [2.24, 2.45) is 5.92 Å². The molecule has 154 valence electrons. The normalized spacial score (nSPS) is 12.8. The van der Waals surface area contributed by atoms with Gasteiger partial charge < -0.3 is 14.6 Å². The molecular weight excluding hydrogens is 389 g/mol. The van der Waals surface area contributed by atoms with Gasteiger partial charge in [0.05, 0.1) is 12.2 Å². The third-order valence-electron chi connectivity index (χ3n) is 4.20. The minimum atomic E-state index is -4.35. The van der Waals surface area contributed by atoms with E-state index < -0.39 is 11.7 Å². The Labute approximate surface area is 167 Å². The van der Waals surface area contributed by atoms with E-state index in [0.29, 0.717) is 25.6 Å². The molecule has 0 aliphatic heterocycles. The second-order valence-electron chi connectivity index (χ2n) is 6.44. The number of phenolic OH excluding ortho intramolecular Hbond substituents is 1. The monoisotopic (exact) mass is 414 g/mol. The Balaban J connectivity index is 1.93. The molecular formula is C21H25F3O3S. The van der Waals surface area contributed by atoms with Crippen molar-refractivity contribution in [1.29, 1.82) is 0 Å². The molecule has 28 heavy (non-hydrogen) atoms. The van der Waals surface area contributed by atoms with Gasteiger partial charge in [0, 0.05) is 29.8 Å². The number of alkyl halides is 3. The smallest absolute Gasteiger partial charge is 0.416 e. The molecule has 0 aliphatic rings. The van der Waals surface area contributed by atoms with E-state index in [1.54, 1.807) is 17.8 Å². The number of thioether (sulfide) groups is 1. The lowest BCUT2D eigenvalue weighted by atomic mass is 10.1. The molecule has 0 spiro atoms. The first-order valence-corrected chi connectivity index (χ1v) is 10.1. The zero-order chi connectivity index (χ0) is 20.6. The average Bonchev–Trinajstić information content (AvgIpc) is 2.66. The number of hydrogen-bond acceptors (Lipinski definition) is 4. The first-order chi connectivity index (χ1) is 13.3. The number of hydrogen-bond donors (Lipinski definition) is 1. The fraction of sp³-hybridized carbons (Fsp3) is 0.429. The predicted octanol–water partition coefficient (Wildman–Crippen LogP) is 5.93. The summed E-state index contributed by atoms with van der Waals surface area (Å²) in [7, 11) is 0. The van der Waals surface area contributed by atoms with Crippen LogP contribution in [0, 0.1) is 12.8 Å². The fourth-order valence-corrected chi connectivity index (χ4v) is 3.61. The lowest BCUT2D eigenvalue weighted by Crippen LogP contribution is -2.17. The van der Waals surface area contributed by atoms with Crippen LogP contribution in [0.5, 0.6) is 11.5 Å². The van der Waals surface area contributed by atoms with Gasteiger partial charge in [0.1, 0.15) is 11.5 Å². The summed E-state index contributed by atoms with van der Waals surface area (Å²) < 4.78 is 49.1. The molecule has 1 unspecified atom stereocenters. The molecule has 0 aliphatic carbocycles. The third-order valence-corrected chi connectivity index (χ3v) is 5.42. The standard InChI is InChI=1S/C21H25F3O3S/c1-3-26-11-10-16(14-28-19-8-9-20(25)15(2)12-19)13-27-18-6-4-17(5-7-18)21(22,23)24/h4-9,12,16,25H,3,10-11,13-14H2,1-2H3. The van der Waals surface area contributed by atoms with E-state index >= 15 is 0 Å². The van der Waals surface area contributed by atoms with Gasteiger partial charge in [-0.2, -0.15) is 13.2 Å². The summed E-state index contributed by atoms with van der Waals surface area (Å²) in [5, 5.41) is 9.63. The molecule has 1 atom stereocenters. The van der Waals surface area contributed by atoms with Crippen molar-refractivity contribution in [3.05, 3.63) is 53.6 Å². The maximum atomic E-state index is 12.6. The molecule has 0 bridgehead atoms. The minimum Gasteiger partial charge on any atom is -0.508 e. The van der Waals surface area contributed by atoms with Gasteiger partial charge in [-0.15, -0.1) is 11.8 Å². The van der Waals surface area contributed by atoms with Crippen molar-refractivity contribution in [3.8, 4) is 11.5 Å². The SMILES string of the molecule is CCOCCC(COc1ccc(C(F)(F)F)cc1)CSc1ccc(O)c(C)c1. The summed E-state index contributed by atoms with van der Waals surface area (Å²) in [5.41, 5.74) is 0.128. The van der Waals surface area contributed by atoms with Crippen LogP contribution in [-0.4, -0.2) is 30.7 Å². The summed E-state index contributed by atoms with van der Waals surface area (Å²) in [6.45, 7) is 5.41. The zero-order valence-electron chi connectivity index (χ0n) is 16.0. The van der Waals surface area contributed by atoms with Crippen LogP contribution in [0.25, 0.3) is 0 Å². The summed E-state index contributed by atoms with van der Waals surface area (Å²) in [5.74, 6) is 1.63. The van der Waals surface area contributed by atoms with Crippen molar-refractivity contribution in [2.75, 3.05) is 25.6 Å². The Morgan fingerprint density at radius 3 is 2.43 bits per heavy atom. The highest BCUT2D eigenvalue weighted by Crippen LogP contribution is 2.31. The van der Waals surface area contributed by atoms with Gasteiger partial charge in [-0.3, -0.25) is 0 Å². The number of benzene rings is 2. The van der Waals surface area contributed by atoms with Crippen molar-refractivity contribution in [2.45, 2.75) is 31.3 Å². The van der Waals surface area contributed by atoms with E-state index in [1.807, 2.05) is 26.0 Å². The Hall–Kier alpha value is -1.86. The van der Waals surface area contributed by atoms with Crippen LogP contribution in [0.1, 0.15) is 24.5 Å². The Morgan fingerprint density at radius 1 is 1.11 bits per heavy atom. The highest BCUT2D eigenvalue weighted by Gasteiger charge is 2.30. The molecule has 2 rings (SSSR count). The van der Waals surface area contributed by atoms with E-state index in [0.717, 1.165) is 34.8 Å². The lowest BCUT2D eigenvalue weighted by Gasteiger charge is -2.18. The Bertz CT molecular complexity index is 733. The third kappa shape index (κ3) is 7.28. The molecule has 7 heteroatoms. The topological polar surface area (TPSA) is 38.7 Å². The van der Waals surface area contributed by atoms with E-state index in [-0.39, 0.29) is 11.7 Å². The number of aryl methyl sites for hydroxylation is 1. The van der Waals surface area contributed by atoms with Crippen LogP contribution in [0.2, 0.25) is 0 Å².